The SMILES string of the molecule is C/C=C/C[C@H](C(N)=O)C(C(=O)NCC)C(C)C. The zero-order valence-corrected chi connectivity index (χ0v) is 11.2. The van der Waals surface area contributed by atoms with Crippen LogP contribution in [0.2, 0.25) is 0 Å². The third-order valence-corrected chi connectivity index (χ3v) is 2.80. The monoisotopic (exact) mass is 240 g/mol. The maximum Gasteiger partial charge on any atom is 0.224 e. The molecule has 0 spiro atoms. The van der Waals surface area contributed by atoms with Gasteiger partial charge < -0.3 is 11.1 Å². The van der Waals surface area contributed by atoms with E-state index in [9.17, 15) is 9.59 Å². The molecule has 98 valence electrons. The van der Waals surface area contributed by atoms with Gasteiger partial charge in [0, 0.05) is 6.54 Å². The molecule has 0 radical (unpaired) electrons. The van der Waals surface area contributed by atoms with Gasteiger partial charge in [-0.3, -0.25) is 9.59 Å². The molecule has 0 heterocycles. The fraction of sp³-hybridized carbons (Fsp3) is 0.692. The molecule has 0 aromatic heterocycles. The normalized spacial score (nSPS) is 14.9. The molecule has 0 aromatic rings. The molecule has 1 unspecified atom stereocenters. The molecule has 2 amide bonds. The van der Waals surface area contributed by atoms with E-state index >= 15 is 0 Å². The van der Waals surface area contributed by atoms with Crippen molar-refractivity contribution in [2.45, 2.75) is 34.1 Å². The van der Waals surface area contributed by atoms with Crippen molar-refractivity contribution in [1.82, 2.24) is 5.32 Å². The van der Waals surface area contributed by atoms with Crippen LogP contribution in [0.4, 0.5) is 0 Å². The number of nitrogens with one attached hydrogen (secondary N) is 1. The molecule has 2 atom stereocenters. The van der Waals surface area contributed by atoms with Crippen LogP contribution in [0.3, 0.4) is 0 Å². The summed E-state index contributed by atoms with van der Waals surface area (Å²) in [6, 6.07) is 0. The molecule has 4 nitrogen and oxygen atoms in total. The fourth-order valence-electron chi connectivity index (χ4n) is 1.96. The van der Waals surface area contributed by atoms with Crippen molar-refractivity contribution in [3.05, 3.63) is 12.2 Å². The lowest BCUT2D eigenvalue weighted by atomic mass is 9.80. The lowest BCUT2D eigenvalue weighted by Crippen LogP contribution is -2.42. The van der Waals surface area contributed by atoms with Crippen LogP contribution in [0, 0.1) is 17.8 Å². The van der Waals surface area contributed by atoms with Crippen LogP contribution in [0.15, 0.2) is 12.2 Å². The Morgan fingerprint density at radius 1 is 1.35 bits per heavy atom. The minimum Gasteiger partial charge on any atom is -0.369 e. The average Bonchev–Trinajstić information content (AvgIpc) is 2.23. The first-order valence-corrected chi connectivity index (χ1v) is 6.13. The van der Waals surface area contributed by atoms with Crippen LogP contribution in [0.5, 0.6) is 0 Å². The number of allylic oxidation sites excluding steroid dienone is 2. The Bertz CT molecular complexity index is 285. The Hall–Kier alpha value is -1.32. The largest absolute Gasteiger partial charge is 0.369 e. The van der Waals surface area contributed by atoms with E-state index in [1.165, 1.54) is 0 Å². The summed E-state index contributed by atoms with van der Waals surface area (Å²) in [5, 5.41) is 2.77. The number of primary amides is 1. The highest BCUT2D eigenvalue weighted by Crippen LogP contribution is 2.24. The van der Waals surface area contributed by atoms with E-state index in [0.29, 0.717) is 13.0 Å². The zero-order valence-electron chi connectivity index (χ0n) is 11.2. The summed E-state index contributed by atoms with van der Waals surface area (Å²) in [5.74, 6) is -1.20. The number of nitrogens with two attached hydrogens (primary N) is 1. The van der Waals surface area contributed by atoms with E-state index in [0.717, 1.165) is 0 Å². The number of hydrogen-bond donors (Lipinski definition) is 2. The number of rotatable bonds is 7. The van der Waals surface area contributed by atoms with E-state index in [1.54, 1.807) is 0 Å². The van der Waals surface area contributed by atoms with Crippen LogP contribution >= 0.6 is 0 Å². The molecule has 0 aliphatic rings. The molecule has 0 fully saturated rings. The second-order valence-electron chi connectivity index (χ2n) is 4.48. The maximum absolute atomic E-state index is 12.0. The van der Waals surface area contributed by atoms with Gasteiger partial charge in [0.2, 0.25) is 11.8 Å². The molecule has 0 rings (SSSR count). The Morgan fingerprint density at radius 2 is 1.94 bits per heavy atom. The predicted molar refractivity (Wildman–Crippen MR) is 69.1 cm³/mol. The number of carbonyl (C=O) groups is 2. The molecular formula is C13H24N2O2. The topological polar surface area (TPSA) is 72.2 Å². The first-order chi connectivity index (χ1) is 7.95. The van der Waals surface area contributed by atoms with E-state index in [1.807, 2.05) is 39.8 Å². The van der Waals surface area contributed by atoms with Crippen LogP contribution in [-0.2, 0) is 9.59 Å². The number of hydrogen-bond acceptors (Lipinski definition) is 2. The predicted octanol–water partition coefficient (Wildman–Crippen LogP) is 1.46. The van der Waals surface area contributed by atoms with Gasteiger partial charge in [0.1, 0.15) is 0 Å². The molecule has 0 bridgehead atoms. The highest BCUT2D eigenvalue weighted by atomic mass is 16.2. The molecule has 0 aliphatic carbocycles. The highest BCUT2D eigenvalue weighted by Gasteiger charge is 2.33. The number of carbonyl (C=O) groups excluding carboxylic acids is 2. The molecule has 0 saturated heterocycles. The molecule has 0 aromatic carbocycles. The Labute approximate surface area is 104 Å². The zero-order chi connectivity index (χ0) is 13.4. The van der Waals surface area contributed by atoms with Crippen molar-refractivity contribution in [3.8, 4) is 0 Å². The van der Waals surface area contributed by atoms with Crippen molar-refractivity contribution in [2.75, 3.05) is 6.54 Å². The summed E-state index contributed by atoms with van der Waals surface area (Å²) in [4.78, 5) is 23.4. The summed E-state index contributed by atoms with van der Waals surface area (Å²) in [7, 11) is 0. The van der Waals surface area contributed by atoms with Gasteiger partial charge >= 0.3 is 0 Å². The van der Waals surface area contributed by atoms with Crippen LogP contribution in [-0.4, -0.2) is 18.4 Å². The third-order valence-electron chi connectivity index (χ3n) is 2.80. The highest BCUT2D eigenvalue weighted by molar-refractivity contribution is 5.87. The quantitative estimate of drug-likeness (QED) is 0.661. The smallest absolute Gasteiger partial charge is 0.224 e. The maximum atomic E-state index is 12.0. The first-order valence-electron chi connectivity index (χ1n) is 6.13. The fourth-order valence-corrected chi connectivity index (χ4v) is 1.96. The van der Waals surface area contributed by atoms with Crippen molar-refractivity contribution >= 4 is 11.8 Å². The third kappa shape index (κ3) is 5.02. The first kappa shape index (κ1) is 15.7. The van der Waals surface area contributed by atoms with Gasteiger partial charge in [-0.15, -0.1) is 0 Å². The minimum atomic E-state index is -0.433. The molecule has 0 saturated carbocycles. The lowest BCUT2D eigenvalue weighted by Gasteiger charge is -2.26. The van der Waals surface area contributed by atoms with Gasteiger partial charge in [-0.2, -0.15) is 0 Å². The van der Waals surface area contributed by atoms with Crippen molar-refractivity contribution in [1.29, 1.82) is 0 Å². The Kier molecular flexibility index (Phi) is 7.26. The van der Waals surface area contributed by atoms with Crippen molar-refractivity contribution < 1.29 is 9.59 Å². The lowest BCUT2D eigenvalue weighted by molar-refractivity contribution is -0.134. The number of amides is 2. The molecule has 0 aliphatic heterocycles. The standard InChI is InChI=1S/C13H24N2O2/c1-5-7-8-10(12(14)16)11(9(3)4)13(17)15-6-2/h5,7,9-11H,6,8H2,1-4H3,(H2,14,16)(H,15,17)/b7-5+/t10-,11?/m0/s1. The van der Waals surface area contributed by atoms with E-state index in [4.69, 9.17) is 5.73 Å². The molecule has 4 heteroatoms. The van der Waals surface area contributed by atoms with E-state index < -0.39 is 11.8 Å². The summed E-state index contributed by atoms with van der Waals surface area (Å²) < 4.78 is 0. The van der Waals surface area contributed by atoms with Gasteiger partial charge in [0.05, 0.1) is 11.8 Å². The van der Waals surface area contributed by atoms with Crippen LogP contribution in [0.1, 0.15) is 34.1 Å². The Balaban J connectivity index is 4.95. The second-order valence-corrected chi connectivity index (χ2v) is 4.48. The van der Waals surface area contributed by atoms with E-state index in [-0.39, 0.29) is 17.7 Å². The van der Waals surface area contributed by atoms with Crippen molar-refractivity contribution in [3.63, 3.8) is 0 Å². The summed E-state index contributed by atoms with van der Waals surface area (Å²) in [5.41, 5.74) is 5.40. The second kappa shape index (κ2) is 7.87. The average molecular weight is 240 g/mol. The van der Waals surface area contributed by atoms with Gasteiger partial charge in [-0.25, -0.2) is 0 Å². The van der Waals surface area contributed by atoms with E-state index in [2.05, 4.69) is 5.32 Å². The summed E-state index contributed by atoms with van der Waals surface area (Å²) in [6.45, 7) is 8.18. The van der Waals surface area contributed by atoms with Gasteiger partial charge in [-0.05, 0) is 26.2 Å². The Morgan fingerprint density at radius 3 is 2.29 bits per heavy atom. The van der Waals surface area contributed by atoms with Crippen molar-refractivity contribution in [2.24, 2.45) is 23.5 Å². The van der Waals surface area contributed by atoms with Gasteiger partial charge in [0.15, 0.2) is 0 Å². The summed E-state index contributed by atoms with van der Waals surface area (Å²) in [6.07, 6.45) is 4.26. The van der Waals surface area contributed by atoms with Crippen LogP contribution < -0.4 is 11.1 Å². The minimum absolute atomic E-state index is 0.0872. The molecular weight excluding hydrogens is 216 g/mol. The summed E-state index contributed by atoms with van der Waals surface area (Å²) >= 11 is 0. The van der Waals surface area contributed by atoms with Crippen LogP contribution in [0.25, 0.3) is 0 Å². The van der Waals surface area contributed by atoms with Gasteiger partial charge in [-0.1, -0.05) is 26.0 Å². The molecule has 3 N–H and O–H groups in total. The van der Waals surface area contributed by atoms with Gasteiger partial charge in [0.25, 0.3) is 0 Å². The molecule has 17 heavy (non-hydrogen) atoms.